The summed E-state index contributed by atoms with van der Waals surface area (Å²) in [5.41, 5.74) is 0. The zero-order valence-corrected chi connectivity index (χ0v) is 11.8. The molecular weight excluding hydrogens is 258 g/mol. The summed E-state index contributed by atoms with van der Waals surface area (Å²) in [4.78, 5) is 19.7. The molecule has 0 unspecified atom stereocenters. The average molecular weight is 279 g/mol. The summed E-state index contributed by atoms with van der Waals surface area (Å²) in [6, 6.07) is -0.114. The highest BCUT2D eigenvalue weighted by atomic mass is 16.5. The lowest BCUT2D eigenvalue weighted by Crippen LogP contribution is -2.39. The van der Waals surface area contributed by atoms with Crippen LogP contribution in [0.1, 0.15) is 12.2 Å². The smallest absolute Gasteiger partial charge is 0.317 e. The molecule has 0 bridgehead atoms. The molecule has 0 saturated carbocycles. The molecule has 0 spiro atoms. The third kappa shape index (κ3) is 4.06. The third-order valence-electron chi connectivity index (χ3n) is 3.43. The molecule has 1 aromatic heterocycles. The topological polar surface area (TPSA) is 74.5 Å². The number of nitrogens with one attached hydrogen (secondary N) is 1. The number of nitrogens with zero attached hydrogens (tertiary/aromatic N) is 4. The fraction of sp³-hybridized carbons (Fsp3) is 0.615. The first-order valence-corrected chi connectivity index (χ1v) is 6.76. The SMILES string of the molecule is C=CCN1CC[C@H](CNC(=O)N(C)Cc2ncon2)C1. The molecule has 1 atom stereocenters. The summed E-state index contributed by atoms with van der Waals surface area (Å²) in [6.45, 7) is 7.79. The van der Waals surface area contributed by atoms with Gasteiger partial charge in [0.15, 0.2) is 5.82 Å². The maximum atomic E-state index is 11.9. The van der Waals surface area contributed by atoms with Crippen molar-refractivity contribution in [3.8, 4) is 0 Å². The molecule has 0 radical (unpaired) electrons. The Morgan fingerprint density at radius 2 is 2.60 bits per heavy atom. The van der Waals surface area contributed by atoms with Crippen molar-refractivity contribution in [2.45, 2.75) is 13.0 Å². The van der Waals surface area contributed by atoms with E-state index in [0.29, 0.717) is 24.8 Å². The van der Waals surface area contributed by atoms with Crippen LogP contribution in [-0.2, 0) is 6.54 Å². The lowest BCUT2D eigenvalue weighted by Gasteiger charge is -2.18. The molecule has 1 aliphatic heterocycles. The van der Waals surface area contributed by atoms with E-state index in [9.17, 15) is 4.79 Å². The molecule has 1 N–H and O–H groups in total. The van der Waals surface area contributed by atoms with E-state index in [2.05, 4.69) is 31.5 Å². The van der Waals surface area contributed by atoms with Crippen LogP contribution in [0.25, 0.3) is 0 Å². The van der Waals surface area contributed by atoms with E-state index in [0.717, 1.165) is 26.1 Å². The lowest BCUT2D eigenvalue weighted by molar-refractivity contribution is 0.203. The molecule has 110 valence electrons. The van der Waals surface area contributed by atoms with E-state index in [1.807, 2.05) is 6.08 Å². The van der Waals surface area contributed by atoms with Gasteiger partial charge in [0.05, 0.1) is 6.54 Å². The van der Waals surface area contributed by atoms with Crippen LogP contribution in [0.4, 0.5) is 4.79 Å². The van der Waals surface area contributed by atoms with Gasteiger partial charge in [-0.05, 0) is 18.9 Å². The number of urea groups is 1. The zero-order valence-electron chi connectivity index (χ0n) is 11.8. The van der Waals surface area contributed by atoms with Crippen molar-refractivity contribution in [1.29, 1.82) is 0 Å². The molecule has 7 heteroatoms. The zero-order chi connectivity index (χ0) is 14.4. The summed E-state index contributed by atoms with van der Waals surface area (Å²) in [5, 5.41) is 6.63. The number of hydrogen-bond donors (Lipinski definition) is 1. The Morgan fingerprint density at radius 3 is 3.30 bits per heavy atom. The normalized spacial score (nSPS) is 18.9. The van der Waals surface area contributed by atoms with Gasteiger partial charge in [0, 0.05) is 26.7 Å². The van der Waals surface area contributed by atoms with Crippen LogP contribution in [0, 0.1) is 5.92 Å². The van der Waals surface area contributed by atoms with Gasteiger partial charge in [0.1, 0.15) is 0 Å². The molecule has 2 rings (SSSR count). The third-order valence-corrected chi connectivity index (χ3v) is 3.43. The summed E-state index contributed by atoms with van der Waals surface area (Å²) in [5.74, 6) is 1.01. The first-order valence-electron chi connectivity index (χ1n) is 6.76. The van der Waals surface area contributed by atoms with E-state index in [1.165, 1.54) is 6.39 Å². The van der Waals surface area contributed by atoms with Gasteiger partial charge in [-0.3, -0.25) is 4.90 Å². The maximum absolute atomic E-state index is 11.9. The second-order valence-electron chi connectivity index (χ2n) is 5.09. The number of amides is 2. The maximum Gasteiger partial charge on any atom is 0.317 e. The first-order chi connectivity index (χ1) is 9.69. The first kappa shape index (κ1) is 14.5. The predicted molar refractivity (Wildman–Crippen MR) is 73.9 cm³/mol. The highest BCUT2D eigenvalue weighted by Gasteiger charge is 2.22. The van der Waals surface area contributed by atoms with Crippen molar-refractivity contribution in [2.75, 3.05) is 33.2 Å². The Morgan fingerprint density at radius 1 is 1.75 bits per heavy atom. The Bertz CT molecular complexity index is 434. The van der Waals surface area contributed by atoms with Gasteiger partial charge >= 0.3 is 6.03 Å². The summed E-state index contributed by atoms with van der Waals surface area (Å²) < 4.78 is 4.64. The molecule has 7 nitrogen and oxygen atoms in total. The van der Waals surface area contributed by atoms with Crippen molar-refractivity contribution in [1.82, 2.24) is 25.3 Å². The number of hydrogen-bond acceptors (Lipinski definition) is 5. The van der Waals surface area contributed by atoms with Crippen LogP contribution < -0.4 is 5.32 Å². The van der Waals surface area contributed by atoms with Crippen molar-refractivity contribution in [2.24, 2.45) is 5.92 Å². The second-order valence-corrected chi connectivity index (χ2v) is 5.09. The molecule has 2 amide bonds. The van der Waals surface area contributed by atoms with E-state index >= 15 is 0 Å². The van der Waals surface area contributed by atoms with E-state index in [-0.39, 0.29) is 6.03 Å². The van der Waals surface area contributed by atoms with Crippen LogP contribution >= 0.6 is 0 Å². The molecule has 1 aliphatic rings. The Hall–Kier alpha value is -1.89. The molecule has 0 aliphatic carbocycles. The quantitative estimate of drug-likeness (QED) is 0.777. The molecule has 20 heavy (non-hydrogen) atoms. The van der Waals surface area contributed by atoms with Crippen molar-refractivity contribution in [3.63, 3.8) is 0 Å². The molecule has 1 aromatic rings. The van der Waals surface area contributed by atoms with Crippen LogP contribution in [0.3, 0.4) is 0 Å². The fourth-order valence-corrected chi connectivity index (χ4v) is 2.34. The highest BCUT2D eigenvalue weighted by Crippen LogP contribution is 2.14. The molecule has 1 saturated heterocycles. The summed E-state index contributed by atoms with van der Waals surface area (Å²) >= 11 is 0. The number of carbonyl (C=O) groups is 1. The number of aromatic nitrogens is 2. The predicted octanol–water partition coefficient (Wildman–Crippen LogP) is 0.719. The van der Waals surface area contributed by atoms with Gasteiger partial charge in [-0.15, -0.1) is 6.58 Å². The lowest BCUT2D eigenvalue weighted by atomic mass is 10.1. The number of likely N-dealkylation sites (tertiary alicyclic amines) is 1. The molecule has 2 heterocycles. The minimum absolute atomic E-state index is 0.114. The summed E-state index contributed by atoms with van der Waals surface area (Å²) in [6.07, 6.45) is 4.29. The van der Waals surface area contributed by atoms with E-state index in [1.54, 1.807) is 11.9 Å². The standard InChI is InChI=1S/C13H21N5O2/c1-3-5-18-6-4-11(8-18)7-14-13(19)17(2)9-12-15-10-20-16-12/h3,10-11H,1,4-9H2,2H3,(H,14,19)/t11-/m1/s1. The fourth-order valence-electron chi connectivity index (χ4n) is 2.34. The molecule has 1 fully saturated rings. The van der Waals surface area contributed by atoms with Gasteiger partial charge in [-0.25, -0.2) is 4.79 Å². The van der Waals surface area contributed by atoms with Gasteiger partial charge in [0.2, 0.25) is 6.39 Å². The molecule has 0 aromatic carbocycles. The van der Waals surface area contributed by atoms with Crippen LogP contribution in [0.5, 0.6) is 0 Å². The largest absolute Gasteiger partial charge is 0.343 e. The number of rotatable bonds is 6. The molecular formula is C13H21N5O2. The van der Waals surface area contributed by atoms with Gasteiger partial charge in [-0.1, -0.05) is 11.2 Å². The van der Waals surface area contributed by atoms with Crippen molar-refractivity contribution < 1.29 is 9.32 Å². The van der Waals surface area contributed by atoms with Crippen molar-refractivity contribution in [3.05, 3.63) is 24.9 Å². The Balaban J connectivity index is 1.68. The van der Waals surface area contributed by atoms with Gasteiger partial charge in [-0.2, -0.15) is 4.98 Å². The summed E-state index contributed by atoms with van der Waals surface area (Å²) in [7, 11) is 1.71. The Kier molecular flexibility index (Phi) is 5.11. The minimum Gasteiger partial charge on any atom is -0.343 e. The number of carbonyl (C=O) groups excluding carboxylic acids is 1. The minimum atomic E-state index is -0.114. The average Bonchev–Trinajstić information content (AvgIpc) is 3.08. The van der Waals surface area contributed by atoms with Crippen molar-refractivity contribution >= 4 is 6.03 Å². The highest BCUT2D eigenvalue weighted by molar-refractivity contribution is 5.73. The van der Waals surface area contributed by atoms with Crippen LogP contribution in [-0.4, -0.2) is 59.2 Å². The van der Waals surface area contributed by atoms with E-state index < -0.39 is 0 Å². The van der Waals surface area contributed by atoms with Crippen LogP contribution in [0.15, 0.2) is 23.6 Å². The Labute approximate surface area is 118 Å². The van der Waals surface area contributed by atoms with Gasteiger partial charge < -0.3 is 14.7 Å². The van der Waals surface area contributed by atoms with Crippen LogP contribution in [0.2, 0.25) is 0 Å². The monoisotopic (exact) mass is 279 g/mol. The van der Waals surface area contributed by atoms with E-state index in [4.69, 9.17) is 0 Å². The van der Waals surface area contributed by atoms with Gasteiger partial charge in [0.25, 0.3) is 0 Å². The second kappa shape index (κ2) is 7.04.